The van der Waals surface area contributed by atoms with Crippen molar-refractivity contribution in [1.82, 2.24) is 9.97 Å². The van der Waals surface area contributed by atoms with Gasteiger partial charge in [0.25, 0.3) is 0 Å². The lowest BCUT2D eigenvalue weighted by atomic mass is 10.4. The van der Waals surface area contributed by atoms with Crippen molar-refractivity contribution in [2.45, 2.75) is 13.5 Å². The normalized spacial score (nSPS) is 11.1. The summed E-state index contributed by atoms with van der Waals surface area (Å²) >= 11 is 7.63. The minimum Gasteiger partial charge on any atom is -0.377 e. The Morgan fingerprint density at radius 2 is 2.29 bits per heavy atom. The maximum atomic E-state index is 6.01. The van der Waals surface area contributed by atoms with Crippen LogP contribution in [0.3, 0.4) is 0 Å². The molecule has 0 atom stereocenters. The highest BCUT2D eigenvalue weighted by atomic mass is 35.5. The number of methoxy groups -OCH3 is 1. The van der Waals surface area contributed by atoms with E-state index in [4.69, 9.17) is 16.3 Å². The predicted octanol–water partition coefficient (Wildman–Crippen LogP) is 2.80. The fourth-order valence-corrected chi connectivity index (χ4v) is 2.44. The fraction of sp³-hybridized carbons (Fsp3) is 0.333. The summed E-state index contributed by atoms with van der Waals surface area (Å²) in [6.07, 6.45) is 0. The molecule has 0 unspecified atom stereocenters. The average Bonchev–Trinajstić information content (AvgIpc) is 2.47. The largest absolute Gasteiger partial charge is 0.377 e. The van der Waals surface area contributed by atoms with Crippen molar-refractivity contribution in [1.29, 1.82) is 0 Å². The van der Waals surface area contributed by atoms with Crippen molar-refractivity contribution in [2.24, 2.45) is 0 Å². The van der Waals surface area contributed by atoms with Gasteiger partial charge >= 0.3 is 0 Å². The van der Waals surface area contributed by atoms with Crippen molar-refractivity contribution in [2.75, 3.05) is 7.11 Å². The molecule has 0 aliphatic rings. The third-order valence-electron chi connectivity index (χ3n) is 1.79. The minimum absolute atomic E-state index is 0.395. The second kappa shape index (κ2) is 3.81. The molecule has 74 valence electrons. The van der Waals surface area contributed by atoms with Crippen molar-refractivity contribution < 1.29 is 4.74 Å². The molecule has 0 aliphatic carbocycles. The number of nitrogens with zero attached hydrogens (tertiary/aromatic N) is 2. The van der Waals surface area contributed by atoms with E-state index in [-0.39, 0.29) is 0 Å². The number of hydrogen-bond donors (Lipinski definition) is 0. The van der Waals surface area contributed by atoms with Crippen LogP contribution in [-0.4, -0.2) is 17.1 Å². The van der Waals surface area contributed by atoms with E-state index in [1.54, 1.807) is 18.4 Å². The Hall–Kier alpha value is -0.710. The van der Waals surface area contributed by atoms with E-state index in [0.717, 1.165) is 10.2 Å². The third kappa shape index (κ3) is 1.73. The van der Waals surface area contributed by atoms with Gasteiger partial charge in [0.05, 0.1) is 0 Å². The van der Waals surface area contributed by atoms with Gasteiger partial charge in [0.15, 0.2) is 5.82 Å². The average molecular weight is 229 g/mol. The van der Waals surface area contributed by atoms with Gasteiger partial charge in [-0.25, -0.2) is 9.97 Å². The molecule has 0 aromatic carbocycles. The molecule has 2 aromatic rings. The van der Waals surface area contributed by atoms with E-state index in [1.165, 1.54) is 4.88 Å². The molecule has 0 saturated heterocycles. The van der Waals surface area contributed by atoms with Crippen LogP contribution in [0, 0.1) is 6.92 Å². The molecular weight excluding hydrogens is 220 g/mol. The number of rotatable bonds is 2. The number of hydrogen-bond acceptors (Lipinski definition) is 4. The Labute approximate surface area is 90.7 Å². The highest BCUT2D eigenvalue weighted by Gasteiger charge is 2.08. The van der Waals surface area contributed by atoms with Crippen molar-refractivity contribution >= 4 is 33.2 Å². The van der Waals surface area contributed by atoms with Crippen LogP contribution in [0.15, 0.2) is 6.07 Å². The summed E-state index contributed by atoms with van der Waals surface area (Å²) in [4.78, 5) is 10.6. The summed E-state index contributed by atoms with van der Waals surface area (Å²) in [6, 6.07) is 2.00. The zero-order valence-electron chi connectivity index (χ0n) is 7.87. The summed E-state index contributed by atoms with van der Waals surface area (Å²) in [7, 11) is 1.61. The monoisotopic (exact) mass is 228 g/mol. The lowest BCUT2D eigenvalue weighted by Crippen LogP contribution is -1.96. The van der Waals surface area contributed by atoms with Gasteiger partial charge in [0, 0.05) is 17.4 Å². The Balaban J connectivity index is 2.59. The van der Waals surface area contributed by atoms with Gasteiger partial charge in [-0.2, -0.15) is 0 Å². The van der Waals surface area contributed by atoms with Crippen LogP contribution in [0.25, 0.3) is 10.2 Å². The number of halogens is 1. The van der Waals surface area contributed by atoms with E-state index in [2.05, 4.69) is 9.97 Å². The molecule has 3 nitrogen and oxygen atoms in total. The van der Waals surface area contributed by atoms with Crippen molar-refractivity contribution in [3.05, 3.63) is 21.9 Å². The second-order valence-corrected chi connectivity index (χ2v) is 4.53. The lowest BCUT2D eigenvalue weighted by Gasteiger charge is -1.99. The van der Waals surface area contributed by atoms with Gasteiger partial charge in [-0.05, 0) is 13.0 Å². The Morgan fingerprint density at radius 1 is 1.50 bits per heavy atom. The molecule has 0 bridgehead atoms. The summed E-state index contributed by atoms with van der Waals surface area (Å²) in [5, 5.41) is 1.43. The molecule has 2 heterocycles. The first kappa shape index (κ1) is 9.83. The summed E-state index contributed by atoms with van der Waals surface area (Å²) in [5.74, 6) is 0.631. The van der Waals surface area contributed by atoms with Gasteiger partial charge in [-0.15, -0.1) is 11.3 Å². The van der Waals surface area contributed by atoms with Gasteiger partial charge in [-0.3, -0.25) is 0 Å². The smallest absolute Gasteiger partial charge is 0.157 e. The Morgan fingerprint density at radius 3 is 3.00 bits per heavy atom. The zero-order valence-corrected chi connectivity index (χ0v) is 9.45. The van der Waals surface area contributed by atoms with Crippen LogP contribution < -0.4 is 0 Å². The molecule has 5 heteroatoms. The molecule has 14 heavy (non-hydrogen) atoms. The van der Waals surface area contributed by atoms with Gasteiger partial charge in [0.1, 0.15) is 16.6 Å². The van der Waals surface area contributed by atoms with Gasteiger partial charge in [0.2, 0.25) is 0 Å². The topological polar surface area (TPSA) is 35.0 Å². The number of aryl methyl sites for hydroxylation is 1. The number of ether oxygens (including phenoxy) is 1. The van der Waals surface area contributed by atoms with E-state index < -0.39 is 0 Å². The Bertz CT molecular complexity index is 469. The molecule has 2 rings (SSSR count). The SMILES string of the molecule is COCc1nc(Cl)c2cc(C)sc2n1. The molecule has 2 aromatic heterocycles. The summed E-state index contributed by atoms with van der Waals surface area (Å²) in [6.45, 7) is 2.42. The lowest BCUT2D eigenvalue weighted by molar-refractivity contribution is 0.178. The first-order chi connectivity index (χ1) is 6.70. The van der Waals surface area contributed by atoms with E-state index >= 15 is 0 Å². The van der Waals surface area contributed by atoms with E-state index in [1.807, 2.05) is 13.0 Å². The highest BCUT2D eigenvalue weighted by molar-refractivity contribution is 7.18. The zero-order chi connectivity index (χ0) is 10.1. The van der Waals surface area contributed by atoms with E-state index in [9.17, 15) is 0 Å². The molecule has 0 radical (unpaired) electrons. The first-order valence-electron chi connectivity index (χ1n) is 4.12. The van der Waals surface area contributed by atoms with Crippen LogP contribution in [0.2, 0.25) is 5.15 Å². The molecule has 0 fully saturated rings. The van der Waals surface area contributed by atoms with Gasteiger partial charge in [-0.1, -0.05) is 11.6 Å². The highest BCUT2D eigenvalue weighted by Crippen LogP contribution is 2.28. The maximum Gasteiger partial charge on any atom is 0.157 e. The number of thiophene rings is 1. The second-order valence-electron chi connectivity index (χ2n) is 2.94. The quantitative estimate of drug-likeness (QED) is 0.742. The van der Waals surface area contributed by atoms with Crippen molar-refractivity contribution in [3.63, 3.8) is 0 Å². The molecule has 0 aliphatic heterocycles. The number of fused-ring (bicyclic) bond motifs is 1. The fourth-order valence-electron chi connectivity index (χ4n) is 1.24. The van der Waals surface area contributed by atoms with Crippen LogP contribution in [0.4, 0.5) is 0 Å². The Kier molecular flexibility index (Phi) is 2.67. The first-order valence-corrected chi connectivity index (χ1v) is 5.31. The summed E-state index contributed by atoms with van der Waals surface area (Å²) in [5.41, 5.74) is 0. The maximum absolute atomic E-state index is 6.01. The minimum atomic E-state index is 0.395. The summed E-state index contributed by atoms with van der Waals surface area (Å²) < 4.78 is 4.96. The van der Waals surface area contributed by atoms with Gasteiger partial charge < -0.3 is 4.74 Å². The standard InChI is InChI=1S/C9H9ClN2OS/c1-5-3-6-8(10)11-7(4-13-2)12-9(6)14-5/h3H,4H2,1-2H3. The van der Waals surface area contributed by atoms with Crippen LogP contribution >= 0.6 is 22.9 Å². The predicted molar refractivity (Wildman–Crippen MR) is 57.9 cm³/mol. The van der Waals surface area contributed by atoms with Crippen LogP contribution in [-0.2, 0) is 11.3 Å². The third-order valence-corrected chi connectivity index (χ3v) is 3.02. The molecule has 0 saturated carbocycles. The number of aromatic nitrogens is 2. The van der Waals surface area contributed by atoms with Crippen molar-refractivity contribution in [3.8, 4) is 0 Å². The molecule has 0 spiro atoms. The molecule has 0 N–H and O–H groups in total. The molecule has 0 amide bonds. The van der Waals surface area contributed by atoms with E-state index in [0.29, 0.717) is 17.6 Å². The molecular formula is C9H9ClN2OS. The van der Waals surface area contributed by atoms with Crippen LogP contribution in [0.5, 0.6) is 0 Å². The van der Waals surface area contributed by atoms with Crippen LogP contribution in [0.1, 0.15) is 10.7 Å².